The number of ether oxygens (including phenoxy) is 1. The summed E-state index contributed by atoms with van der Waals surface area (Å²) in [7, 11) is 0. The van der Waals surface area contributed by atoms with Crippen molar-refractivity contribution in [3.8, 4) is 0 Å². The van der Waals surface area contributed by atoms with Gasteiger partial charge < -0.3 is 10.1 Å². The van der Waals surface area contributed by atoms with Crippen LogP contribution in [0.15, 0.2) is 0 Å². The second kappa shape index (κ2) is 5.70. The van der Waals surface area contributed by atoms with Crippen molar-refractivity contribution >= 4 is 11.5 Å². The summed E-state index contributed by atoms with van der Waals surface area (Å²) < 4.78 is 10.4. The summed E-state index contributed by atoms with van der Waals surface area (Å²) in [6, 6.07) is 0.284. The monoisotopic (exact) mass is 297 g/mol. The molecule has 5 heteroatoms. The topological polar surface area (TPSA) is 47.0 Å². The second-order valence-corrected chi connectivity index (χ2v) is 7.72. The molecule has 2 atom stereocenters. The maximum Gasteiger partial charge on any atom is 0.0772 e. The van der Waals surface area contributed by atoms with Crippen LogP contribution in [0.25, 0.3) is 0 Å². The molecule has 1 saturated heterocycles. The largest absolute Gasteiger partial charge is 0.369 e. The Labute approximate surface area is 126 Å². The molecule has 2 heterocycles. The van der Waals surface area contributed by atoms with E-state index in [4.69, 9.17) is 4.74 Å². The van der Waals surface area contributed by atoms with E-state index in [0.717, 1.165) is 25.1 Å². The predicted molar refractivity (Wildman–Crippen MR) is 83.0 cm³/mol. The van der Waals surface area contributed by atoms with Gasteiger partial charge in [-0.1, -0.05) is 11.4 Å². The highest BCUT2D eigenvalue weighted by atomic mass is 32.1. The number of nitrogens with one attached hydrogen (secondary N) is 1. The first-order chi connectivity index (χ1) is 9.27. The first kappa shape index (κ1) is 15.9. The molecule has 1 aromatic rings. The fourth-order valence-electron chi connectivity index (χ4n) is 3.36. The minimum absolute atomic E-state index is 0.0632. The molecule has 0 bridgehead atoms. The minimum Gasteiger partial charge on any atom is -0.369 e. The van der Waals surface area contributed by atoms with Gasteiger partial charge in [0.25, 0.3) is 0 Å². The van der Waals surface area contributed by atoms with E-state index in [2.05, 4.69) is 49.5 Å². The van der Waals surface area contributed by atoms with Crippen LogP contribution in [-0.4, -0.2) is 27.3 Å². The average molecular weight is 297 g/mol. The third-order valence-electron chi connectivity index (χ3n) is 4.13. The lowest BCUT2D eigenvalue weighted by Crippen LogP contribution is -2.38. The minimum atomic E-state index is -0.134. The van der Waals surface area contributed by atoms with Gasteiger partial charge >= 0.3 is 0 Å². The van der Waals surface area contributed by atoms with Crippen LogP contribution in [0.5, 0.6) is 0 Å². The Morgan fingerprint density at radius 2 is 2.10 bits per heavy atom. The highest BCUT2D eigenvalue weighted by Crippen LogP contribution is 2.48. The van der Waals surface area contributed by atoms with Crippen LogP contribution in [0.2, 0.25) is 0 Å². The predicted octanol–water partition coefficient (Wildman–Crippen LogP) is 3.48. The molecule has 1 aliphatic rings. The first-order valence-corrected chi connectivity index (χ1v) is 8.26. The van der Waals surface area contributed by atoms with Gasteiger partial charge in [-0.15, -0.1) is 5.10 Å². The van der Waals surface area contributed by atoms with E-state index in [1.54, 1.807) is 0 Å². The lowest BCUT2D eigenvalue weighted by molar-refractivity contribution is -0.0777. The van der Waals surface area contributed by atoms with Crippen LogP contribution in [0, 0.1) is 12.8 Å². The molecule has 0 aliphatic carbocycles. The van der Waals surface area contributed by atoms with Gasteiger partial charge in [0.2, 0.25) is 0 Å². The summed E-state index contributed by atoms with van der Waals surface area (Å²) in [6.45, 7) is 14.0. The van der Waals surface area contributed by atoms with Crippen LogP contribution in [0.4, 0.5) is 0 Å². The number of hydrogen-bond acceptors (Lipinski definition) is 5. The highest BCUT2D eigenvalue weighted by Gasteiger charge is 2.49. The Bertz CT molecular complexity index is 456. The van der Waals surface area contributed by atoms with Gasteiger partial charge in [-0.25, -0.2) is 0 Å². The zero-order valence-electron chi connectivity index (χ0n) is 13.5. The number of rotatable bonds is 5. The molecular formula is C15H27N3OS. The molecule has 1 fully saturated rings. The van der Waals surface area contributed by atoms with E-state index >= 15 is 0 Å². The van der Waals surface area contributed by atoms with Crippen molar-refractivity contribution in [3.63, 3.8) is 0 Å². The van der Waals surface area contributed by atoms with E-state index in [0.29, 0.717) is 5.92 Å². The first-order valence-electron chi connectivity index (χ1n) is 7.49. The quantitative estimate of drug-likeness (QED) is 0.904. The maximum atomic E-state index is 6.27. The Balaban J connectivity index is 2.30. The van der Waals surface area contributed by atoms with E-state index in [-0.39, 0.29) is 17.2 Å². The van der Waals surface area contributed by atoms with Gasteiger partial charge in [0.15, 0.2) is 0 Å². The molecule has 2 unspecified atom stereocenters. The molecule has 2 rings (SSSR count). The second-order valence-electron chi connectivity index (χ2n) is 6.93. The third kappa shape index (κ3) is 3.21. The lowest BCUT2D eigenvalue weighted by atomic mass is 9.80. The molecule has 1 aromatic heterocycles. The third-order valence-corrected chi connectivity index (χ3v) is 5.04. The van der Waals surface area contributed by atoms with Crippen molar-refractivity contribution in [1.29, 1.82) is 0 Å². The summed E-state index contributed by atoms with van der Waals surface area (Å²) in [5.74, 6) is 0.435. The van der Waals surface area contributed by atoms with Crippen LogP contribution in [0.3, 0.4) is 0 Å². The van der Waals surface area contributed by atoms with Crippen LogP contribution in [0.1, 0.15) is 64.1 Å². The zero-order valence-corrected chi connectivity index (χ0v) is 14.3. The summed E-state index contributed by atoms with van der Waals surface area (Å²) in [5.41, 5.74) is 0.849. The number of aryl methyl sites for hydroxylation is 1. The summed E-state index contributed by atoms with van der Waals surface area (Å²) in [4.78, 5) is 1.26. The van der Waals surface area contributed by atoms with Crippen molar-refractivity contribution in [2.45, 2.75) is 71.6 Å². The van der Waals surface area contributed by atoms with Crippen molar-refractivity contribution in [3.05, 3.63) is 10.6 Å². The molecule has 4 nitrogen and oxygen atoms in total. The molecule has 0 spiro atoms. The zero-order chi connectivity index (χ0) is 15.0. The van der Waals surface area contributed by atoms with E-state index in [1.807, 2.05) is 6.92 Å². The van der Waals surface area contributed by atoms with Crippen molar-refractivity contribution in [2.75, 3.05) is 6.54 Å². The fraction of sp³-hybridized carbons (Fsp3) is 0.867. The number of nitrogens with zero attached hydrogens (tertiary/aromatic N) is 2. The van der Waals surface area contributed by atoms with Gasteiger partial charge in [-0.05, 0) is 65.5 Å². The Morgan fingerprint density at radius 1 is 1.40 bits per heavy atom. The summed E-state index contributed by atoms with van der Waals surface area (Å²) in [5, 5.41) is 7.89. The van der Waals surface area contributed by atoms with E-state index in [9.17, 15) is 0 Å². The fourth-order valence-corrected chi connectivity index (χ4v) is 4.15. The molecule has 1 aliphatic heterocycles. The molecule has 20 heavy (non-hydrogen) atoms. The molecule has 0 radical (unpaired) electrons. The Morgan fingerprint density at radius 3 is 2.55 bits per heavy atom. The summed E-state index contributed by atoms with van der Waals surface area (Å²) in [6.07, 6.45) is 2.18. The summed E-state index contributed by atoms with van der Waals surface area (Å²) >= 11 is 1.52. The number of aromatic nitrogens is 2. The van der Waals surface area contributed by atoms with Gasteiger partial charge in [0.1, 0.15) is 0 Å². The molecule has 0 amide bonds. The van der Waals surface area contributed by atoms with Crippen LogP contribution < -0.4 is 5.32 Å². The van der Waals surface area contributed by atoms with Crippen LogP contribution in [-0.2, 0) is 4.74 Å². The molecule has 114 valence electrons. The Kier molecular flexibility index (Phi) is 4.52. The van der Waals surface area contributed by atoms with Crippen molar-refractivity contribution < 1.29 is 4.74 Å². The molecule has 0 saturated carbocycles. The smallest absolute Gasteiger partial charge is 0.0772 e. The number of hydrogen-bond donors (Lipinski definition) is 1. The highest BCUT2D eigenvalue weighted by molar-refractivity contribution is 7.05. The lowest BCUT2D eigenvalue weighted by Gasteiger charge is -2.33. The van der Waals surface area contributed by atoms with E-state index in [1.165, 1.54) is 16.4 Å². The molecular weight excluding hydrogens is 270 g/mol. The van der Waals surface area contributed by atoms with Crippen molar-refractivity contribution in [2.24, 2.45) is 5.92 Å². The standard InChI is InChI=1S/C15H27N3OS/c1-7-8-16-12(13-10(2)17-18-20-13)11-9-14(3,4)19-15(11,5)6/h11-12,16H,7-9H2,1-6H3. The van der Waals surface area contributed by atoms with Crippen LogP contribution >= 0.6 is 11.5 Å². The van der Waals surface area contributed by atoms with Gasteiger partial charge in [0, 0.05) is 5.92 Å². The maximum absolute atomic E-state index is 6.27. The molecule has 0 aromatic carbocycles. The normalized spacial score (nSPS) is 25.8. The van der Waals surface area contributed by atoms with Gasteiger partial charge in [-0.3, -0.25) is 0 Å². The average Bonchev–Trinajstić information content (AvgIpc) is 2.81. The van der Waals surface area contributed by atoms with Crippen molar-refractivity contribution in [1.82, 2.24) is 14.9 Å². The van der Waals surface area contributed by atoms with Gasteiger partial charge in [0.05, 0.1) is 27.8 Å². The molecule has 1 N–H and O–H groups in total. The van der Waals surface area contributed by atoms with E-state index < -0.39 is 0 Å². The van der Waals surface area contributed by atoms with Gasteiger partial charge in [-0.2, -0.15) is 0 Å². The Hall–Kier alpha value is -0.520. The SMILES string of the molecule is CCCNC(c1snnc1C)C1CC(C)(C)OC1(C)C.